The molecule has 0 fully saturated rings. The zero-order chi connectivity index (χ0) is 22.5. The number of hydrogen-bond donors (Lipinski definition) is 0. The highest BCUT2D eigenvalue weighted by Crippen LogP contribution is 2.35. The monoisotopic (exact) mass is 436 g/mol. The highest BCUT2D eigenvalue weighted by Gasteiger charge is 2.16. The minimum atomic E-state index is 0.674. The summed E-state index contributed by atoms with van der Waals surface area (Å²) < 4.78 is 4.41. The van der Waals surface area contributed by atoms with Crippen LogP contribution in [0.2, 0.25) is 0 Å². The number of aromatic nitrogens is 4. The van der Waals surface area contributed by atoms with Crippen molar-refractivity contribution in [3.8, 4) is 22.8 Å². The summed E-state index contributed by atoms with van der Waals surface area (Å²) in [5, 5.41) is 3.56. The van der Waals surface area contributed by atoms with Gasteiger partial charge in [0.1, 0.15) is 0 Å². The molecule has 4 heteroatoms. The molecular weight excluding hydrogens is 416 g/mol. The third-order valence-electron chi connectivity index (χ3n) is 6.46. The second-order valence-corrected chi connectivity index (χ2v) is 8.44. The van der Waals surface area contributed by atoms with E-state index in [0.29, 0.717) is 5.95 Å². The van der Waals surface area contributed by atoms with Gasteiger partial charge in [-0.05, 0) is 42.0 Å². The van der Waals surface area contributed by atoms with Gasteiger partial charge >= 0.3 is 0 Å². The molecule has 0 unspecified atom stereocenters. The topological polar surface area (TPSA) is 35.6 Å². The fraction of sp³-hybridized carbons (Fsp3) is 0. The standard InChI is InChI=1S/C30H20N4/c1-3-9-21(10-4-1)23-19-31-30(32-20-23)34-27-14-8-7-13-25(27)26-18-28-22(17-29(26)34)15-16-33(28)24-11-5-2-6-12-24/h1-20H. The van der Waals surface area contributed by atoms with Gasteiger partial charge in [-0.3, -0.25) is 4.57 Å². The second kappa shape index (κ2) is 7.42. The van der Waals surface area contributed by atoms with Gasteiger partial charge in [-0.2, -0.15) is 0 Å². The first-order valence-electron chi connectivity index (χ1n) is 11.3. The van der Waals surface area contributed by atoms with Crippen LogP contribution in [0.4, 0.5) is 0 Å². The van der Waals surface area contributed by atoms with E-state index in [-0.39, 0.29) is 0 Å². The summed E-state index contributed by atoms with van der Waals surface area (Å²) in [7, 11) is 0. The van der Waals surface area contributed by atoms with E-state index in [1.165, 1.54) is 21.7 Å². The molecule has 0 radical (unpaired) electrons. The lowest BCUT2D eigenvalue weighted by Crippen LogP contribution is -2.00. The molecule has 34 heavy (non-hydrogen) atoms. The summed E-state index contributed by atoms with van der Waals surface area (Å²) >= 11 is 0. The van der Waals surface area contributed by atoms with Crippen LogP contribution in [0.3, 0.4) is 0 Å². The van der Waals surface area contributed by atoms with Crippen LogP contribution in [0.15, 0.2) is 122 Å². The molecule has 0 saturated heterocycles. The molecule has 3 aromatic heterocycles. The van der Waals surface area contributed by atoms with Crippen molar-refractivity contribution in [2.45, 2.75) is 0 Å². The lowest BCUT2D eigenvalue weighted by molar-refractivity contribution is 0.990. The summed E-state index contributed by atoms with van der Waals surface area (Å²) in [5.74, 6) is 0.674. The molecule has 0 aliphatic heterocycles. The Morgan fingerprint density at radius 3 is 2.03 bits per heavy atom. The summed E-state index contributed by atoms with van der Waals surface area (Å²) in [6, 6.07) is 35.9. The maximum absolute atomic E-state index is 4.78. The number of hydrogen-bond acceptors (Lipinski definition) is 2. The Bertz CT molecular complexity index is 1780. The van der Waals surface area contributed by atoms with Crippen molar-refractivity contribution in [1.29, 1.82) is 0 Å². The number of fused-ring (bicyclic) bond motifs is 4. The SMILES string of the molecule is c1ccc(-c2cnc(-n3c4ccccc4c4cc5c(ccn5-c5ccccc5)cc43)nc2)cc1. The van der Waals surface area contributed by atoms with E-state index in [9.17, 15) is 0 Å². The first kappa shape index (κ1) is 18.8. The Hall–Kier alpha value is -4.70. The molecule has 0 N–H and O–H groups in total. The smallest absolute Gasteiger partial charge is 0.234 e. The molecule has 7 rings (SSSR count). The molecule has 4 nitrogen and oxygen atoms in total. The maximum Gasteiger partial charge on any atom is 0.234 e. The second-order valence-electron chi connectivity index (χ2n) is 8.44. The number of rotatable bonds is 3. The van der Waals surface area contributed by atoms with Crippen LogP contribution >= 0.6 is 0 Å². The van der Waals surface area contributed by atoms with Crippen LogP contribution in [0.25, 0.3) is 55.5 Å². The van der Waals surface area contributed by atoms with E-state index < -0.39 is 0 Å². The van der Waals surface area contributed by atoms with Crippen molar-refractivity contribution in [3.63, 3.8) is 0 Å². The van der Waals surface area contributed by atoms with Gasteiger partial charge in [0.2, 0.25) is 5.95 Å². The van der Waals surface area contributed by atoms with E-state index in [4.69, 9.17) is 9.97 Å². The average molecular weight is 437 g/mol. The first-order valence-corrected chi connectivity index (χ1v) is 11.3. The van der Waals surface area contributed by atoms with Crippen molar-refractivity contribution >= 4 is 32.7 Å². The summed E-state index contributed by atoms with van der Waals surface area (Å²) in [5.41, 5.74) is 6.66. The third-order valence-corrected chi connectivity index (χ3v) is 6.46. The van der Waals surface area contributed by atoms with Crippen LogP contribution in [0.1, 0.15) is 0 Å². The molecule has 0 spiro atoms. The van der Waals surface area contributed by atoms with Crippen molar-refractivity contribution < 1.29 is 0 Å². The van der Waals surface area contributed by atoms with E-state index >= 15 is 0 Å². The molecular formula is C30H20N4. The molecule has 4 aromatic carbocycles. The van der Waals surface area contributed by atoms with Gasteiger partial charge in [0.05, 0.1) is 16.6 Å². The van der Waals surface area contributed by atoms with E-state index in [1.807, 2.05) is 36.7 Å². The molecule has 7 aromatic rings. The Morgan fingerprint density at radius 1 is 0.529 bits per heavy atom. The van der Waals surface area contributed by atoms with Gasteiger partial charge in [-0.15, -0.1) is 0 Å². The molecule has 160 valence electrons. The number of benzene rings is 4. The predicted molar refractivity (Wildman–Crippen MR) is 139 cm³/mol. The zero-order valence-electron chi connectivity index (χ0n) is 18.3. The van der Waals surface area contributed by atoms with Crippen molar-refractivity contribution in [2.24, 2.45) is 0 Å². The highest BCUT2D eigenvalue weighted by molar-refractivity contribution is 6.13. The number of nitrogens with zero attached hydrogens (tertiary/aromatic N) is 4. The minimum Gasteiger partial charge on any atom is -0.317 e. The lowest BCUT2D eigenvalue weighted by atomic mass is 10.1. The lowest BCUT2D eigenvalue weighted by Gasteiger charge is -2.08. The fourth-order valence-corrected chi connectivity index (χ4v) is 4.84. The third kappa shape index (κ3) is 2.86. The van der Waals surface area contributed by atoms with Crippen molar-refractivity contribution in [2.75, 3.05) is 0 Å². The van der Waals surface area contributed by atoms with Crippen LogP contribution in [0.5, 0.6) is 0 Å². The molecule has 0 atom stereocenters. The Kier molecular flexibility index (Phi) is 4.11. The molecule has 0 bridgehead atoms. The fourth-order valence-electron chi connectivity index (χ4n) is 4.84. The first-order chi connectivity index (χ1) is 16.9. The summed E-state index contributed by atoms with van der Waals surface area (Å²) in [4.78, 5) is 9.55. The zero-order valence-corrected chi connectivity index (χ0v) is 18.3. The molecule has 0 aliphatic carbocycles. The summed E-state index contributed by atoms with van der Waals surface area (Å²) in [6.07, 6.45) is 5.95. The van der Waals surface area contributed by atoms with Crippen molar-refractivity contribution in [1.82, 2.24) is 19.1 Å². The largest absolute Gasteiger partial charge is 0.317 e. The molecule has 3 heterocycles. The van der Waals surface area contributed by atoms with Crippen LogP contribution < -0.4 is 0 Å². The van der Waals surface area contributed by atoms with Gasteiger partial charge in [0, 0.05) is 46.0 Å². The van der Waals surface area contributed by atoms with Gasteiger partial charge in [0.25, 0.3) is 0 Å². The van der Waals surface area contributed by atoms with Crippen LogP contribution in [0, 0.1) is 0 Å². The van der Waals surface area contributed by atoms with Gasteiger partial charge in [-0.1, -0.05) is 66.7 Å². The minimum absolute atomic E-state index is 0.674. The van der Waals surface area contributed by atoms with Crippen LogP contribution in [-0.2, 0) is 0 Å². The quantitative estimate of drug-likeness (QED) is 0.294. The summed E-state index contributed by atoms with van der Waals surface area (Å²) in [6.45, 7) is 0. The Morgan fingerprint density at radius 2 is 1.24 bits per heavy atom. The van der Waals surface area contributed by atoms with Gasteiger partial charge < -0.3 is 4.57 Å². The van der Waals surface area contributed by atoms with Crippen molar-refractivity contribution in [3.05, 3.63) is 122 Å². The normalized spacial score (nSPS) is 11.5. The van der Waals surface area contributed by atoms with E-state index in [0.717, 1.165) is 27.8 Å². The van der Waals surface area contributed by atoms with Crippen LogP contribution in [-0.4, -0.2) is 19.1 Å². The molecule has 0 saturated carbocycles. The van der Waals surface area contributed by atoms with E-state index in [1.54, 1.807) is 0 Å². The molecule has 0 aliphatic rings. The highest BCUT2D eigenvalue weighted by atomic mass is 15.1. The Labute approximate surface area is 196 Å². The average Bonchev–Trinajstić information content (AvgIpc) is 3.47. The van der Waals surface area contributed by atoms with Gasteiger partial charge in [0.15, 0.2) is 0 Å². The maximum atomic E-state index is 4.78. The van der Waals surface area contributed by atoms with Gasteiger partial charge in [-0.25, -0.2) is 9.97 Å². The molecule has 0 amide bonds. The number of para-hydroxylation sites is 2. The van der Waals surface area contributed by atoms with E-state index in [2.05, 4.69) is 94.2 Å². The Balaban J connectivity index is 1.46. The predicted octanol–water partition coefficient (Wildman–Crippen LogP) is 7.18.